The van der Waals surface area contributed by atoms with E-state index in [4.69, 9.17) is 4.98 Å². The fraction of sp³-hybridized carbons (Fsp3) is 0.833. The number of aryl methyl sites for hydroxylation is 1. The number of hydrogen-bond donors (Lipinski definition) is 1. The lowest BCUT2D eigenvalue weighted by molar-refractivity contribution is 0.447. The molecular weight excluding hydrogens is 258 g/mol. The summed E-state index contributed by atoms with van der Waals surface area (Å²) >= 11 is 0. The first-order valence-electron chi connectivity index (χ1n) is 9.02. The molecule has 0 aliphatic heterocycles. The summed E-state index contributed by atoms with van der Waals surface area (Å²) in [6.07, 6.45) is 15.6. The smallest absolute Gasteiger partial charge is 0.203 e. The van der Waals surface area contributed by atoms with Crippen LogP contribution in [0.25, 0.3) is 0 Å². The average Bonchev–Trinajstić information content (AvgIpc) is 2.85. The van der Waals surface area contributed by atoms with Crippen molar-refractivity contribution in [2.75, 3.05) is 5.32 Å². The molecule has 0 aromatic carbocycles. The van der Waals surface area contributed by atoms with Crippen LogP contribution in [-0.4, -0.2) is 15.6 Å². The van der Waals surface area contributed by atoms with Crippen molar-refractivity contribution < 1.29 is 0 Å². The van der Waals surface area contributed by atoms with Gasteiger partial charge < -0.3 is 9.88 Å². The Hall–Kier alpha value is -0.990. The summed E-state index contributed by atoms with van der Waals surface area (Å²) in [5.74, 6) is 1.10. The predicted molar refractivity (Wildman–Crippen MR) is 90.9 cm³/mol. The van der Waals surface area contributed by atoms with Gasteiger partial charge in [0, 0.05) is 18.3 Å². The summed E-state index contributed by atoms with van der Waals surface area (Å²) in [5.41, 5.74) is 1.13. The molecule has 0 spiro atoms. The summed E-state index contributed by atoms with van der Waals surface area (Å²) in [6.45, 7) is 6.71. The van der Waals surface area contributed by atoms with Crippen molar-refractivity contribution in [1.29, 1.82) is 0 Å². The lowest BCUT2D eigenvalue weighted by atomic mass is 9.96. The Bertz CT molecular complexity index is 405. The van der Waals surface area contributed by atoms with Crippen LogP contribution in [-0.2, 0) is 0 Å². The second-order valence-electron chi connectivity index (χ2n) is 6.79. The maximum absolute atomic E-state index is 4.72. The molecule has 1 aromatic heterocycles. The molecule has 1 atom stereocenters. The van der Waals surface area contributed by atoms with Gasteiger partial charge in [0.2, 0.25) is 5.95 Å². The molecular formula is C18H33N3. The third kappa shape index (κ3) is 5.05. The van der Waals surface area contributed by atoms with E-state index < -0.39 is 0 Å². The minimum atomic E-state index is 0.550. The van der Waals surface area contributed by atoms with Gasteiger partial charge in [0.25, 0.3) is 0 Å². The molecule has 0 saturated heterocycles. The Morgan fingerprint density at radius 2 is 2.00 bits per heavy atom. The highest BCUT2D eigenvalue weighted by molar-refractivity contribution is 5.31. The van der Waals surface area contributed by atoms with E-state index in [9.17, 15) is 0 Å². The minimum absolute atomic E-state index is 0.550. The molecule has 1 N–H and O–H groups in total. The summed E-state index contributed by atoms with van der Waals surface area (Å²) in [5, 5.41) is 3.70. The molecule has 2 rings (SSSR count). The summed E-state index contributed by atoms with van der Waals surface area (Å²) in [4.78, 5) is 4.72. The van der Waals surface area contributed by atoms with Gasteiger partial charge in [-0.15, -0.1) is 0 Å². The molecule has 0 radical (unpaired) electrons. The number of anilines is 1. The van der Waals surface area contributed by atoms with E-state index in [-0.39, 0.29) is 0 Å². The number of nitrogens with zero attached hydrogens (tertiary/aromatic N) is 2. The van der Waals surface area contributed by atoms with Gasteiger partial charge in [0.05, 0.1) is 5.69 Å². The monoisotopic (exact) mass is 291 g/mol. The zero-order valence-corrected chi connectivity index (χ0v) is 14.2. The molecule has 120 valence electrons. The highest BCUT2D eigenvalue weighted by Gasteiger charge is 2.17. The molecule has 1 heterocycles. The van der Waals surface area contributed by atoms with Crippen molar-refractivity contribution in [3.8, 4) is 0 Å². The van der Waals surface area contributed by atoms with Gasteiger partial charge in [-0.05, 0) is 33.1 Å². The molecule has 1 saturated carbocycles. The lowest BCUT2D eigenvalue weighted by Crippen LogP contribution is -2.24. The Kier molecular flexibility index (Phi) is 6.59. The Balaban J connectivity index is 1.91. The fourth-order valence-electron chi connectivity index (χ4n) is 3.39. The first kappa shape index (κ1) is 16.4. The molecule has 0 amide bonds. The second kappa shape index (κ2) is 8.45. The molecule has 0 bridgehead atoms. The van der Waals surface area contributed by atoms with Gasteiger partial charge in [-0.3, -0.25) is 0 Å². The SMILES string of the molecule is CCCCCCC(C)n1cc(C)nc1NC1CCCCC1. The number of imidazole rings is 1. The first-order chi connectivity index (χ1) is 10.2. The Labute approximate surface area is 130 Å². The van der Waals surface area contributed by atoms with E-state index in [1.807, 2.05) is 0 Å². The van der Waals surface area contributed by atoms with Crippen LogP contribution in [0.4, 0.5) is 5.95 Å². The molecule has 1 aliphatic carbocycles. The lowest BCUT2D eigenvalue weighted by Gasteiger charge is -2.25. The second-order valence-corrected chi connectivity index (χ2v) is 6.79. The van der Waals surface area contributed by atoms with E-state index in [1.165, 1.54) is 64.2 Å². The van der Waals surface area contributed by atoms with Crippen LogP contribution in [0.3, 0.4) is 0 Å². The van der Waals surface area contributed by atoms with Gasteiger partial charge in [0.15, 0.2) is 0 Å². The van der Waals surface area contributed by atoms with E-state index in [0.29, 0.717) is 12.1 Å². The molecule has 1 fully saturated rings. The van der Waals surface area contributed by atoms with E-state index in [2.05, 4.69) is 36.9 Å². The van der Waals surface area contributed by atoms with Crippen LogP contribution in [0.5, 0.6) is 0 Å². The Morgan fingerprint density at radius 1 is 1.24 bits per heavy atom. The maximum atomic E-state index is 4.72. The zero-order chi connectivity index (χ0) is 15.1. The van der Waals surface area contributed by atoms with E-state index in [1.54, 1.807) is 0 Å². The average molecular weight is 291 g/mol. The van der Waals surface area contributed by atoms with Crippen LogP contribution in [0.1, 0.15) is 89.8 Å². The van der Waals surface area contributed by atoms with Crippen LogP contribution < -0.4 is 5.32 Å². The number of aromatic nitrogens is 2. The number of hydrogen-bond acceptors (Lipinski definition) is 2. The highest BCUT2D eigenvalue weighted by atomic mass is 15.2. The maximum Gasteiger partial charge on any atom is 0.203 e. The van der Waals surface area contributed by atoms with Gasteiger partial charge in [-0.2, -0.15) is 0 Å². The van der Waals surface area contributed by atoms with Gasteiger partial charge >= 0.3 is 0 Å². The fourth-order valence-corrected chi connectivity index (χ4v) is 3.39. The van der Waals surface area contributed by atoms with Crippen LogP contribution in [0.15, 0.2) is 6.20 Å². The zero-order valence-electron chi connectivity index (χ0n) is 14.2. The quantitative estimate of drug-likeness (QED) is 0.644. The molecule has 3 nitrogen and oxygen atoms in total. The normalized spacial score (nSPS) is 17.9. The molecule has 3 heteroatoms. The standard InChI is InChI=1S/C18H33N3/c1-4-5-6-8-11-16(3)21-14-15(2)19-18(21)20-17-12-9-7-10-13-17/h14,16-17H,4-13H2,1-3H3,(H,19,20). The van der Waals surface area contributed by atoms with Gasteiger partial charge in [0.1, 0.15) is 0 Å². The molecule has 1 aliphatic rings. The molecule has 1 aromatic rings. The van der Waals surface area contributed by atoms with Gasteiger partial charge in [-0.25, -0.2) is 4.98 Å². The van der Waals surface area contributed by atoms with Crippen molar-refractivity contribution in [2.45, 2.75) is 97.1 Å². The number of nitrogens with one attached hydrogen (secondary N) is 1. The van der Waals surface area contributed by atoms with Crippen LogP contribution in [0.2, 0.25) is 0 Å². The minimum Gasteiger partial charge on any atom is -0.353 e. The topological polar surface area (TPSA) is 29.9 Å². The number of rotatable bonds is 8. The first-order valence-corrected chi connectivity index (χ1v) is 9.02. The summed E-state index contributed by atoms with van der Waals surface area (Å²) in [7, 11) is 0. The predicted octanol–water partition coefficient (Wildman–Crippen LogP) is 5.47. The molecule has 1 unspecified atom stereocenters. The van der Waals surface area contributed by atoms with Crippen molar-refractivity contribution in [1.82, 2.24) is 9.55 Å². The van der Waals surface area contributed by atoms with Gasteiger partial charge in [-0.1, -0.05) is 51.9 Å². The number of unbranched alkanes of at least 4 members (excludes halogenated alkanes) is 3. The van der Waals surface area contributed by atoms with Crippen LogP contribution in [0, 0.1) is 6.92 Å². The third-order valence-electron chi connectivity index (χ3n) is 4.74. The summed E-state index contributed by atoms with van der Waals surface area (Å²) < 4.78 is 2.37. The van der Waals surface area contributed by atoms with Crippen molar-refractivity contribution in [3.05, 3.63) is 11.9 Å². The summed E-state index contributed by atoms with van der Waals surface area (Å²) in [6, 6.07) is 1.18. The Morgan fingerprint density at radius 3 is 2.71 bits per heavy atom. The van der Waals surface area contributed by atoms with Crippen molar-refractivity contribution in [3.63, 3.8) is 0 Å². The third-order valence-corrected chi connectivity index (χ3v) is 4.74. The highest BCUT2D eigenvalue weighted by Crippen LogP contribution is 2.25. The van der Waals surface area contributed by atoms with E-state index in [0.717, 1.165) is 11.6 Å². The van der Waals surface area contributed by atoms with Crippen molar-refractivity contribution in [2.24, 2.45) is 0 Å². The van der Waals surface area contributed by atoms with Crippen molar-refractivity contribution >= 4 is 5.95 Å². The molecule has 21 heavy (non-hydrogen) atoms. The van der Waals surface area contributed by atoms with Crippen LogP contribution >= 0.6 is 0 Å². The largest absolute Gasteiger partial charge is 0.353 e. The van der Waals surface area contributed by atoms with E-state index >= 15 is 0 Å².